The van der Waals surface area contributed by atoms with Gasteiger partial charge >= 0.3 is 0 Å². The number of ether oxygens (including phenoxy) is 1. The summed E-state index contributed by atoms with van der Waals surface area (Å²) in [5.74, 6) is 2.20. The van der Waals surface area contributed by atoms with Gasteiger partial charge in [-0.25, -0.2) is 15.0 Å². The molecule has 0 spiro atoms. The standard InChI is InChI=1S/C13H18N4O/c1-6-17(4)12-11-10(15-9(3)16-12)7-8(2)14-13(11)18-5/h7H,6H2,1-5H3. The van der Waals surface area contributed by atoms with Crippen LogP contribution in [0.1, 0.15) is 18.4 Å². The molecule has 0 aliphatic rings. The first kappa shape index (κ1) is 12.5. The van der Waals surface area contributed by atoms with Gasteiger partial charge in [0.2, 0.25) is 5.88 Å². The van der Waals surface area contributed by atoms with E-state index in [0.717, 1.165) is 34.8 Å². The minimum Gasteiger partial charge on any atom is -0.480 e. The Morgan fingerprint density at radius 2 is 1.94 bits per heavy atom. The van der Waals surface area contributed by atoms with Crippen molar-refractivity contribution in [3.63, 3.8) is 0 Å². The molecule has 0 radical (unpaired) electrons. The SMILES string of the molecule is CCN(C)c1nc(C)nc2cc(C)nc(OC)c12. The van der Waals surface area contributed by atoms with E-state index in [0.29, 0.717) is 5.88 Å². The fourth-order valence-corrected chi connectivity index (χ4v) is 1.91. The highest BCUT2D eigenvalue weighted by Gasteiger charge is 2.15. The molecule has 2 aromatic rings. The van der Waals surface area contributed by atoms with Crippen LogP contribution in [0.3, 0.4) is 0 Å². The van der Waals surface area contributed by atoms with Crippen LogP contribution in [0.4, 0.5) is 5.82 Å². The van der Waals surface area contributed by atoms with Gasteiger partial charge < -0.3 is 9.64 Å². The number of hydrogen-bond acceptors (Lipinski definition) is 5. The Hall–Kier alpha value is -1.91. The zero-order chi connectivity index (χ0) is 13.3. The van der Waals surface area contributed by atoms with E-state index in [4.69, 9.17) is 4.74 Å². The topological polar surface area (TPSA) is 51.1 Å². The van der Waals surface area contributed by atoms with E-state index in [1.807, 2.05) is 27.0 Å². The van der Waals surface area contributed by atoms with Gasteiger partial charge in [-0.2, -0.15) is 0 Å². The maximum atomic E-state index is 5.37. The quantitative estimate of drug-likeness (QED) is 0.830. The Labute approximate surface area is 107 Å². The first-order valence-electron chi connectivity index (χ1n) is 5.98. The Bertz CT molecular complexity index is 577. The summed E-state index contributed by atoms with van der Waals surface area (Å²) in [5.41, 5.74) is 1.77. The van der Waals surface area contributed by atoms with Crippen LogP contribution in [0, 0.1) is 13.8 Å². The van der Waals surface area contributed by atoms with Crippen LogP contribution >= 0.6 is 0 Å². The summed E-state index contributed by atoms with van der Waals surface area (Å²) in [5, 5.41) is 0.873. The largest absolute Gasteiger partial charge is 0.480 e. The second kappa shape index (κ2) is 4.76. The molecule has 0 bridgehead atoms. The Morgan fingerprint density at radius 1 is 1.22 bits per heavy atom. The minimum absolute atomic E-state index is 0.584. The van der Waals surface area contributed by atoms with E-state index in [1.165, 1.54) is 0 Å². The summed E-state index contributed by atoms with van der Waals surface area (Å²) >= 11 is 0. The third kappa shape index (κ3) is 2.08. The highest BCUT2D eigenvalue weighted by molar-refractivity contribution is 5.94. The molecule has 5 nitrogen and oxygen atoms in total. The molecule has 0 N–H and O–H groups in total. The maximum absolute atomic E-state index is 5.37. The normalized spacial score (nSPS) is 10.7. The lowest BCUT2D eigenvalue weighted by Crippen LogP contribution is -2.18. The van der Waals surface area contributed by atoms with Crippen LogP contribution < -0.4 is 9.64 Å². The third-order valence-electron chi connectivity index (χ3n) is 2.90. The van der Waals surface area contributed by atoms with Gasteiger partial charge in [-0.3, -0.25) is 0 Å². The summed E-state index contributed by atoms with van der Waals surface area (Å²) in [4.78, 5) is 15.4. The van der Waals surface area contributed by atoms with Crippen molar-refractivity contribution in [2.24, 2.45) is 0 Å². The van der Waals surface area contributed by atoms with Gasteiger partial charge in [-0.05, 0) is 26.8 Å². The van der Waals surface area contributed by atoms with E-state index in [2.05, 4.69) is 26.8 Å². The molecule has 96 valence electrons. The number of anilines is 1. The number of aromatic nitrogens is 3. The van der Waals surface area contributed by atoms with Gasteiger partial charge in [0.15, 0.2) is 0 Å². The zero-order valence-corrected chi connectivity index (χ0v) is 11.5. The maximum Gasteiger partial charge on any atom is 0.226 e. The summed E-state index contributed by atoms with van der Waals surface area (Å²) in [6.07, 6.45) is 0. The summed E-state index contributed by atoms with van der Waals surface area (Å²) < 4.78 is 5.37. The second-order valence-electron chi connectivity index (χ2n) is 4.28. The van der Waals surface area contributed by atoms with E-state index >= 15 is 0 Å². The molecule has 0 aliphatic heterocycles. The highest BCUT2D eigenvalue weighted by atomic mass is 16.5. The fraction of sp³-hybridized carbons (Fsp3) is 0.462. The molecule has 2 heterocycles. The first-order chi connectivity index (χ1) is 8.56. The Morgan fingerprint density at radius 3 is 2.56 bits per heavy atom. The smallest absolute Gasteiger partial charge is 0.226 e. The predicted octanol–water partition coefficient (Wildman–Crippen LogP) is 2.11. The number of nitrogens with zero attached hydrogens (tertiary/aromatic N) is 4. The van der Waals surface area contributed by atoms with E-state index < -0.39 is 0 Å². The lowest BCUT2D eigenvalue weighted by Gasteiger charge is -2.19. The molecule has 5 heteroatoms. The number of rotatable bonds is 3. The highest BCUT2D eigenvalue weighted by Crippen LogP contribution is 2.30. The molecule has 0 atom stereocenters. The molecule has 2 rings (SSSR count). The average Bonchev–Trinajstić information content (AvgIpc) is 2.35. The Kier molecular flexibility index (Phi) is 3.32. The van der Waals surface area contributed by atoms with Crippen LogP contribution in [0.25, 0.3) is 10.9 Å². The summed E-state index contributed by atoms with van der Waals surface area (Å²) in [6, 6.07) is 1.96. The third-order valence-corrected chi connectivity index (χ3v) is 2.90. The van der Waals surface area contributed by atoms with Crippen LogP contribution in [-0.2, 0) is 0 Å². The van der Waals surface area contributed by atoms with Crippen molar-refractivity contribution >= 4 is 16.7 Å². The van der Waals surface area contributed by atoms with Gasteiger partial charge in [-0.15, -0.1) is 0 Å². The number of aryl methyl sites for hydroxylation is 2. The molecule has 0 aromatic carbocycles. The second-order valence-corrected chi connectivity index (χ2v) is 4.28. The summed E-state index contributed by atoms with van der Waals surface area (Å²) in [6.45, 7) is 6.78. The molecular weight excluding hydrogens is 228 g/mol. The molecule has 18 heavy (non-hydrogen) atoms. The van der Waals surface area contributed by atoms with Crippen molar-refractivity contribution < 1.29 is 4.74 Å². The van der Waals surface area contributed by atoms with Crippen LogP contribution in [0.5, 0.6) is 5.88 Å². The van der Waals surface area contributed by atoms with E-state index in [1.54, 1.807) is 7.11 Å². The zero-order valence-electron chi connectivity index (χ0n) is 11.5. The summed E-state index contributed by atoms with van der Waals surface area (Å²) in [7, 11) is 3.62. The Balaban J connectivity index is 2.83. The van der Waals surface area contributed by atoms with Crippen molar-refractivity contribution in [2.75, 3.05) is 25.6 Å². The lowest BCUT2D eigenvalue weighted by molar-refractivity contribution is 0.402. The first-order valence-corrected chi connectivity index (χ1v) is 5.98. The predicted molar refractivity (Wildman–Crippen MR) is 72.3 cm³/mol. The van der Waals surface area contributed by atoms with Crippen molar-refractivity contribution in [3.05, 3.63) is 17.6 Å². The molecular formula is C13H18N4O. The number of methoxy groups -OCH3 is 1. The molecule has 0 fully saturated rings. The molecule has 2 aromatic heterocycles. The van der Waals surface area contributed by atoms with Gasteiger partial charge in [0.1, 0.15) is 17.0 Å². The number of hydrogen-bond donors (Lipinski definition) is 0. The van der Waals surface area contributed by atoms with Crippen LogP contribution in [0.15, 0.2) is 6.07 Å². The molecule has 0 amide bonds. The number of pyridine rings is 1. The van der Waals surface area contributed by atoms with Gasteiger partial charge in [0, 0.05) is 19.3 Å². The average molecular weight is 246 g/mol. The van der Waals surface area contributed by atoms with Gasteiger partial charge in [0.05, 0.1) is 12.6 Å². The molecule has 0 unspecified atom stereocenters. The van der Waals surface area contributed by atoms with Crippen molar-refractivity contribution in [1.29, 1.82) is 0 Å². The minimum atomic E-state index is 0.584. The van der Waals surface area contributed by atoms with Gasteiger partial charge in [-0.1, -0.05) is 0 Å². The molecule has 0 saturated heterocycles. The lowest BCUT2D eigenvalue weighted by atomic mass is 10.2. The number of fused-ring (bicyclic) bond motifs is 1. The van der Waals surface area contributed by atoms with E-state index in [9.17, 15) is 0 Å². The van der Waals surface area contributed by atoms with Crippen LogP contribution in [0.2, 0.25) is 0 Å². The fourth-order valence-electron chi connectivity index (χ4n) is 1.91. The van der Waals surface area contributed by atoms with Crippen molar-refractivity contribution in [2.45, 2.75) is 20.8 Å². The molecule has 0 saturated carbocycles. The monoisotopic (exact) mass is 246 g/mol. The molecule has 0 aliphatic carbocycles. The van der Waals surface area contributed by atoms with Gasteiger partial charge in [0.25, 0.3) is 0 Å². The van der Waals surface area contributed by atoms with Crippen LogP contribution in [-0.4, -0.2) is 35.7 Å². The van der Waals surface area contributed by atoms with E-state index in [-0.39, 0.29) is 0 Å². The van der Waals surface area contributed by atoms with Crippen molar-refractivity contribution in [1.82, 2.24) is 15.0 Å². The van der Waals surface area contributed by atoms with Crippen molar-refractivity contribution in [3.8, 4) is 5.88 Å².